The molecule has 6 heteroatoms. The highest BCUT2D eigenvalue weighted by molar-refractivity contribution is 6.00. The molecule has 0 unspecified atom stereocenters. The average molecular weight is 338 g/mol. The Hall–Kier alpha value is -2.63. The Balaban J connectivity index is 1.49. The zero-order valence-electron chi connectivity index (χ0n) is 14.8. The van der Waals surface area contributed by atoms with Crippen LogP contribution in [0.4, 0.5) is 16.2 Å². The van der Waals surface area contributed by atoms with E-state index < -0.39 is 0 Å². The lowest BCUT2D eigenvalue weighted by Gasteiger charge is -2.40. The first-order chi connectivity index (χ1) is 12.0. The Labute approximate surface area is 146 Å². The maximum absolute atomic E-state index is 12.6. The molecule has 6 nitrogen and oxygen atoms in total. The fourth-order valence-corrected chi connectivity index (χ4v) is 4.03. The number of aryl methyl sites for hydroxylation is 2. The lowest BCUT2D eigenvalue weighted by molar-refractivity contribution is 0.186. The first kappa shape index (κ1) is 15.9. The number of carbonyl (C=O) groups is 1. The molecule has 0 atom stereocenters. The predicted molar refractivity (Wildman–Crippen MR) is 96.7 cm³/mol. The van der Waals surface area contributed by atoms with E-state index in [0.717, 1.165) is 18.5 Å². The van der Waals surface area contributed by atoms with Gasteiger partial charge in [0.1, 0.15) is 11.4 Å². The summed E-state index contributed by atoms with van der Waals surface area (Å²) in [4.78, 5) is 19.2. The number of aliphatic imine (C=N–C) groups is 1. The third-order valence-corrected chi connectivity index (χ3v) is 5.57. The molecule has 4 rings (SSSR count). The minimum atomic E-state index is -0.0925. The van der Waals surface area contributed by atoms with Gasteiger partial charge in [0, 0.05) is 24.2 Å². The minimum Gasteiger partial charge on any atom is -0.359 e. The van der Waals surface area contributed by atoms with Crippen molar-refractivity contribution in [3.8, 4) is 0 Å². The standard InChI is InChI=1S/C19H22N4O2/c1-12-17(13(2)25-22-12)21-18(24)23-10-8-19(9-11-23)14(3)20-16-7-5-4-6-15(16)19/h4-7H,8-11H2,1-3H3,(H,21,24). The summed E-state index contributed by atoms with van der Waals surface area (Å²) in [5.41, 5.74) is 4.91. The van der Waals surface area contributed by atoms with Crippen molar-refractivity contribution in [3.63, 3.8) is 0 Å². The highest BCUT2D eigenvalue weighted by Gasteiger charge is 2.44. The van der Waals surface area contributed by atoms with Gasteiger partial charge in [0.25, 0.3) is 0 Å². The van der Waals surface area contributed by atoms with Crippen molar-refractivity contribution in [1.29, 1.82) is 0 Å². The number of fused-ring (bicyclic) bond motifs is 2. The molecule has 2 aromatic rings. The largest absolute Gasteiger partial charge is 0.359 e. The van der Waals surface area contributed by atoms with Crippen molar-refractivity contribution < 1.29 is 9.32 Å². The summed E-state index contributed by atoms with van der Waals surface area (Å²) in [6, 6.07) is 8.26. The molecule has 3 heterocycles. The normalized spacial score (nSPS) is 18.2. The fraction of sp³-hybridized carbons (Fsp3) is 0.421. The molecule has 1 spiro atoms. The molecular formula is C19H22N4O2. The molecule has 1 aromatic heterocycles. The van der Waals surface area contributed by atoms with E-state index in [-0.39, 0.29) is 11.4 Å². The molecule has 130 valence electrons. The van der Waals surface area contributed by atoms with Crippen LogP contribution in [0.1, 0.15) is 36.8 Å². The third-order valence-electron chi connectivity index (χ3n) is 5.57. The summed E-state index contributed by atoms with van der Waals surface area (Å²) in [5.74, 6) is 0.632. The van der Waals surface area contributed by atoms with E-state index in [1.54, 1.807) is 6.92 Å². The summed E-state index contributed by atoms with van der Waals surface area (Å²) in [6.45, 7) is 7.15. The average Bonchev–Trinajstić information content (AvgIpc) is 3.07. The van der Waals surface area contributed by atoms with Crippen molar-refractivity contribution in [2.75, 3.05) is 18.4 Å². The van der Waals surface area contributed by atoms with Gasteiger partial charge in [-0.2, -0.15) is 0 Å². The van der Waals surface area contributed by atoms with Crippen molar-refractivity contribution >= 4 is 23.1 Å². The Bertz CT molecular complexity index is 841. The number of rotatable bonds is 1. The number of hydrogen-bond donors (Lipinski definition) is 1. The van der Waals surface area contributed by atoms with Gasteiger partial charge in [0.2, 0.25) is 0 Å². The Kier molecular flexibility index (Phi) is 3.63. The first-order valence-corrected chi connectivity index (χ1v) is 8.65. The third kappa shape index (κ3) is 2.44. The number of urea groups is 1. The number of anilines is 1. The second-order valence-electron chi connectivity index (χ2n) is 6.91. The molecule has 1 saturated heterocycles. The first-order valence-electron chi connectivity index (χ1n) is 8.65. The van der Waals surface area contributed by atoms with Crippen molar-refractivity contribution in [2.24, 2.45) is 4.99 Å². The Morgan fingerprint density at radius 2 is 1.92 bits per heavy atom. The highest BCUT2D eigenvalue weighted by Crippen LogP contribution is 2.46. The van der Waals surface area contributed by atoms with E-state index in [4.69, 9.17) is 9.52 Å². The topological polar surface area (TPSA) is 70.7 Å². The van der Waals surface area contributed by atoms with E-state index in [1.165, 1.54) is 11.3 Å². The van der Waals surface area contributed by atoms with E-state index in [1.807, 2.05) is 17.9 Å². The number of benzene rings is 1. The quantitative estimate of drug-likeness (QED) is 0.855. The molecular weight excluding hydrogens is 316 g/mol. The van der Waals surface area contributed by atoms with Crippen LogP contribution in [0, 0.1) is 13.8 Å². The number of piperidine rings is 1. The molecule has 1 fully saturated rings. The summed E-state index contributed by atoms with van der Waals surface area (Å²) in [5, 5.41) is 6.82. The van der Waals surface area contributed by atoms with Gasteiger partial charge >= 0.3 is 6.03 Å². The van der Waals surface area contributed by atoms with Gasteiger partial charge in [0.15, 0.2) is 5.76 Å². The fourth-order valence-electron chi connectivity index (χ4n) is 4.03. The van der Waals surface area contributed by atoms with Gasteiger partial charge in [-0.25, -0.2) is 4.79 Å². The van der Waals surface area contributed by atoms with Crippen LogP contribution in [0.25, 0.3) is 0 Å². The number of likely N-dealkylation sites (tertiary alicyclic amines) is 1. The number of aromatic nitrogens is 1. The molecule has 1 N–H and O–H groups in total. The number of nitrogens with zero attached hydrogens (tertiary/aromatic N) is 3. The summed E-state index contributed by atoms with van der Waals surface area (Å²) in [6.07, 6.45) is 1.79. The highest BCUT2D eigenvalue weighted by atomic mass is 16.5. The van der Waals surface area contributed by atoms with Gasteiger partial charge < -0.3 is 14.7 Å². The molecule has 1 aromatic carbocycles. The van der Waals surface area contributed by atoms with Gasteiger partial charge in [-0.15, -0.1) is 0 Å². The lowest BCUT2D eigenvalue weighted by atomic mass is 9.71. The molecule has 0 aliphatic carbocycles. The Morgan fingerprint density at radius 1 is 1.20 bits per heavy atom. The van der Waals surface area contributed by atoms with Crippen LogP contribution in [0.5, 0.6) is 0 Å². The predicted octanol–water partition coefficient (Wildman–Crippen LogP) is 3.96. The monoisotopic (exact) mass is 338 g/mol. The van der Waals surface area contributed by atoms with E-state index in [0.29, 0.717) is 30.2 Å². The van der Waals surface area contributed by atoms with Gasteiger partial charge in [-0.05, 0) is 45.2 Å². The molecule has 0 saturated carbocycles. The van der Waals surface area contributed by atoms with Crippen molar-refractivity contribution in [1.82, 2.24) is 10.1 Å². The van der Waals surface area contributed by atoms with Crippen LogP contribution >= 0.6 is 0 Å². The van der Waals surface area contributed by atoms with Crippen LogP contribution in [0.3, 0.4) is 0 Å². The molecule has 0 radical (unpaired) electrons. The molecule has 2 aliphatic rings. The second-order valence-corrected chi connectivity index (χ2v) is 6.91. The number of amides is 2. The van der Waals surface area contributed by atoms with Crippen LogP contribution in [0.15, 0.2) is 33.8 Å². The summed E-state index contributed by atoms with van der Waals surface area (Å²) in [7, 11) is 0. The molecule has 25 heavy (non-hydrogen) atoms. The van der Waals surface area contributed by atoms with Crippen molar-refractivity contribution in [3.05, 3.63) is 41.3 Å². The maximum atomic E-state index is 12.6. The molecule has 2 aliphatic heterocycles. The maximum Gasteiger partial charge on any atom is 0.321 e. The lowest BCUT2D eigenvalue weighted by Crippen LogP contribution is -2.48. The molecule has 0 bridgehead atoms. The summed E-state index contributed by atoms with van der Waals surface area (Å²) < 4.78 is 5.11. The minimum absolute atomic E-state index is 0.0175. The SMILES string of the molecule is CC1=Nc2ccccc2C12CCN(C(=O)Nc1c(C)noc1C)CC2. The smallest absolute Gasteiger partial charge is 0.321 e. The van der Waals surface area contributed by atoms with E-state index in [2.05, 4.69) is 35.6 Å². The van der Waals surface area contributed by atoms with Crippen LogP contribution in [0.2, 0.25) is 0 Å². The van der Waals surface area contributed by atoms with Crippen LogP contribution in [-0.2, 0) is 5.41 Å². The number of nitrogens with one attached hydrogen (secondary N) is 1. The van der Waals surface area contributed by atoms with Gasteiger partial charge in [-0.1, -0.05) is 23.4 Å². The van der Waals surface area contributed by atoms with Gasteiger partial charge in [0.05, 0.1) is 5.69 Å². The van der Waals surface area contributed by atoms with Gasteiger partial charge in [-0.3, -0.25) is 4.99 Å². The number of hydrogen-bond acceptors (Lipinski definition) is 4. The van der Waals surface area contributed by atoms with E-state index >= 15 is 0 Å². The zero-order chi connectivity index (χ0) is 17.6. The second kappa shape index (κ2) is 5.72. The van der Waals surface area contributed by atoms with E-state index in [9.17, 15) is 4.79 Å². The Morgan fingerprint density at radius 3 is 2.60 bits per heavy atom. The van der Waals surface area contributed by atoms with Crippen LogP contribution < -0.4 is 5.32 Å². The van der Waals surface area contributed by atoms with Crippen LogP contribution in [-0.4, -0.2) is 34.9 Å². The zero-order valence-corrected chi connectivity index (χ0v) is 14.8. The summed E-state index contributed by atoms with van der Waals surface area (Å²) >= 11 is 0. The molecule has 2 amide bonds. The number of carbonyl (C=O) groups excluding carboxylic acids is 1. The van der Waals surface area contributed by atoms with Crippen molar-refractivity contribution in [2.45, 2.75) is 39.0 Å². The number of para-hydroxylation sites is 1.